The number of rotatable bonds is 0. The molecule has 0 aromatic heterocycles. The van der Waals surface area contributed by atoms with Crippen molar-refractivity contribution in [3.05, 3.63) is 0 Å². The predicted octanol–water partition coefficient (Wildman–Crippen LogP) is 4.91. The largest absolute Gasteiger partial charge is 0.372 e. The van der Waals surface area contributed by atoms with Gasteiger partial charge in [-0.2, -0.15) is 0 Å². The van der Waals surface area contributed by atoms with Gasteiger partial charge in [0.05, 0.1) is 23.4 Å². The first-order valence-corrected chi connectivity index (χ1v) is 8.25. The Hall–Kier alpha value is -0.0800. The van der Waals surface area contributed by atoms with Gasteiger partial charge in [-0.1, -0.05) is 27.7 Å². The highest BCUT2D eigenvalue weighted by atomic mass is 16.5. The first-order chi connectivity index (χ1) is 8.90. The van der Waals surface area contributed by atoms with Crippen LogP contribution in [0, 0.1) is 23.7 Å². The molecule has 2 nitrogen and oxygen atoms in total. The quantitative estimate of drug-likeness (QED) is 0.629. The summed E-state index contributed by atoms with van der Waals surface area (Å²) in [6, 6.07) is 0. The molecule has 0 saturated carbocycles. The lowest BCUT2D eigenvalue weighted by molar-refractivity contribution is -0.0234. The van der Waals surface area contributed by atoms with Crippen LogP contribution in [0.3, 0.4) is 0 Å². The molecule has 0 amide bonds. The Labute approximate surface area is 126 Å². The smallest absolute Gasteiger partial charge is 0.0659 e. The number of hydrogen-bond donors (Lipinski definition) is 0. The summed E-state index contributed by atoms with van der Waals surface area (Å²) in [4.78, 5) is 0. The fourth-order valence-electron chi connectivity index (χ4n) is 3.47. The van der Waals surface area contributed by atoms with Crippen LogP contribution in [0.5, 0.6) is 0 Å². The van der Waals surface area contributed by atoms with Gasteiger partial charge in [-0.15, -0.1) is 0 Å². The topological polar surface area (TPSA) is 18.5 Å². The summed E-state index contributed by atoms with van der Waals surface area (Å²) in [5.41, 5.74) is 0.192. The second-order valence-electron chi connectivity index (χ2n) is 8.15. The van der Waals surface area contributed by atoms with Gasteiger partial charge in [-0.25, -0.2) is 0 Å². The number of hydrogen-bond acceptors (Lipinski definition) is 2. The van der Waals surface area contributed by atoms with E-state index in [1.54, 1.807) is 0 Å². The van der Waals surface area contributed by atoms with Gasteiger partial charge in [0.1, 0.15) is 0 Å². The van der Waals surface area contributed by atoms with Gasteiger partial charge in [-0.3, -0.25) is 0 Å². The Morgan fingerprint density at radius 3 is 0.850 bits per heavy atom. The van der Waals surface area contributed by atoms with Crippen molar-refractivity contribution in [3.63, 3.8) is 0 Å². The molecule has 0 aromatic carbocycles. The minimum atomic E-state index is 0.0961. The van der Waals surface area contributed by atoms with E-state index in [0.29, 0.717) is 35.9 Å². The second kappa shape index (κ2) is 5.96. The molecular weight excluding hydrogens is 248 g/mol. The molecule has 0 N–H and O–H groups in total. The normalized spacial score (nSPS) is 45.9. The molecule has 2 aliphatic heterocycles. The highest BCUT2D eigenvalue weighted by Crippen LogP contribution is 2.40. The molecule has 0 radical (unpaired) electrons. The van der Waals surface area contributed by atoms with E-state index in [2.05, 4.69) is 69.2 Å². The van der Waals surface area contributed by atoms with Crippen LogP contribution in [-0.4, -0.2) is 23.4 Å². The van der Waals surface area contributed by atoms with Gasteiger partial charge in [0, 0.05) is 0 Å². The van der Waals surface area contributed by atoms with Crippen molar-refractivity contribution in [1.82, 2.24) is 0 Å². The fraction of sp³-hybridized carbons (Fsp3) is 1.00. The number of ether oxygens (including phenoxy) is 2. The van der Waals surface area contributed by atoms with Crippen molar-refractivity contribution in [1.29, 1.82) is 0 Å². The fourth-order valence-corrected chi connectivity index (χ4v) is 3.47. The van der Waals surface area contributed by atoms with Gasteiger partial charge in [0.15, 0.2) is 0 Å². The molecule has 2 heterocycles. The third-order valence-electron chi connectivity index (χ3n) is 6.23. The van der Waals surface area contributed by atoms with Crippen LogP contribution in [-0.2, 0) is 9.47 Å². The lowest BCUT2D eigenvalue weighted by Crippen LogP contribution is -2.26. The summed E-state index contributed by atoms with van der Waals surface area (Å²) < 4.78 is 11.5. The molecule has 2 unspecified atom stereocenters. The highest BCUT2D eigenvalue weighted by Gasteiger charge is 2.42. The van der Waals surface area contributed by atoms with Crippen molar-refractivity contribution >= 4 is 0 Å². The predicted molar refractivity (Wildman–Crippen MR) is 85.9 cm³/mol. The maximum atomic E-state index is 5.77. The Balaban J connectivity index is 0.000000200. The first-order valence-electron chi connectivity index (χ1n) is 8.25. The van der Waals surface area contributed by atoms with Crippen LogP contribution in [0.1, 0.15) is 69.2 Å². The molecule has 2 rings (SSSR count). The molecule has 2 saturated heterocycles. The summed E-state index contributed by atoms with van der Waals surface area (Å²) >= 11 is 0. The molecule has 2 aliphatic rings. The third kappa shape index (κ3) is 3.57. The molecule has 0 bridgehead atoms. The van der Waals surface area contributed by atoms with E-state index in [1.165, 1.54) is 0 Å². The van der Waals surface area contributed by atoms with Gasteiger partial charge in [0.25, 0.3) is 0 Å². The average Bonchev–Trinajstić information content (AvgIpc) is 2.60. The summed E-state index contributed by atoms with van der Waals surface area (Å²) in [6.07, 6.45) is 0.870. The average molecular weight is 284 g/mol. The Kier molecular flexibility index (Phi) is 5.36. The van der Waals surface area contributed by atoms with Gasteiger partial charge in [0.2, 0.25) is 0 Å². The SMILES string of the molecule is CC1[C@@H](C)C(C)(C)O[C@@H]1C.CC1[C@@H](C)C(C)(C)O[C@@H]1C. The second-order valence-corrected chi connectivity index (χ2v) is 8.15. The summed E-state index contributed by atoms with van der Waals surface area (Å²) in [7, 11) is 0. The molecule has 2 fully saturated rings. The van der Waals surface area contributed by atoms with Gasteiger partial charge in [-0.05, 0) is 65.2 Å². The molecule has 120 valence electrons. The minimum Gasteiger partial charge on any atom is -0.372 e. The molecule has 20 heavy (non-hydrogen) atoms. The Morgan fingerprint density at radius 1 is 0.550 bits per heavy atom. The summed E-state index contributed by atoms with van der Waals surface area (Å²) in [5.74, 6) is 2.77. The zero-order chi connectivity index (χ0) is 15.9. The Bertz CT molecular complexity index is 289. The highest BCUT2D eigenvalue weighted by molar-refractivity contribution is 4.90. The zero-order valence-electron chi connectivity index (χ0n) is 15.3. The lowest BCUT2D eigenvalue weighted by atomic mass is 9.84. The lowest BCUT2D eigenvalue weighted by Gasteiger charge is -2.23. The van der Waals surface area contributed by atoms with Crippen molar-refractivity contribution in [2.75, 3.05) is 0 Å². The van der Waals surface area contributed by atoms with Crippen LogP contribution >= 0.6 is 0 Å². The maximum Gasteiger partial charge on any atom is 0.0659 e. The molecule has 0 aromatic rings. The first kappa shape index (κ1) is 18.0. The summed E-state index contributed by atoms with van der Waals surface area (Å²) in [5, 5.41) is 0. The van der Waals surface area contributed by atoms with Crippen molar-refractivity contribution in [2.45, 2.75) is 92.6 Å². The monoisotopic (exact) mass is 284 g/mol. The zero-order valence-corrected chi connectivity index (χ0v) is 15.3. The molecular formula is C18H36O2. The van der Waals surface area contributed by atoms with Gasteiger partial charge < -0.3 is 9.47 Å². The summed E-state index contributed by atoms with van der Waals surface area (Å²) in [6.45, 7) is 22.1. The minimum absolute atomic E-state index is 0.0961. The van der Waals surface area contributed by atoms with E-state index >= 15 is 0 Å². The van der Waals surface area contributed by atoms with Gasteiger partial charge >= 0.3 is 0 Å². The Morgan fingerprint density at radius 2 is 0.800 bits per heavy atom. The maximum absolute atomic E-state index is 5.77. The van der Waals surface area contributed by atoms with E-state index < -0.39 is 0 Å². The third-order valence-corrected chi connectivity index (χ3v) is 6.23. The van der Waals surface area contributed by atoms with E-state index in [-0.39, 0.29) is 11.2 Å². The van der Waals surface area contributed by atoms with E-state index in [1.807, 2.05) is 0 Å². The van der Waals surface area contributed by atoms with E-state index in [4.69, 9.17) is 9.47 Å². The van der Waals surface area contributed by atoms with Crippen molar-refractivity contribution in [2.24, 2.45) is 23.7 Å². The molecule has 0 aliphatic carbocycles. The van der Waals surface area contributed by atoms with Crippen LogP contribution < -0.4 is 0 Å². The van der Waals surface area contributed by atoms with E-state index in [0.717, 1.165) is 0 Å². The standard InChI is InChI=1S/2C9H18O/c2*1-6-7(2)9(4,5)10-8(6)3/h2*6-8H,1-5H3/t2*6?,7-,8-/m11/s1. The van der Waals surface area contributed by atoms with Crippen molar-refractivity contribution < 1.29 is 9.47 Å². The van der Waals surface area contributed by atoms with Crippen molar-refractivity contribution in [3.8, 4) is 0 Å². The molecule has 0 spiro atoms. The molecule has 6 atom stereocenters. The van der Waals surface area contributed by atoms with Crippen LogP contribution in [0.2, 0.25) is 0 Å². The van der Waals surface area contributed by atoms with Crippen LogP contribution in [0.4, 0.5) is 0 Å². The van der Waals surface area contributed by atoms with Crippen LogP contribution in [0.25, 0.3) is 0 Å². The van der Waals surface area contributed by atoms with E-state index in [9.17, 15) is 0 Å². The molecule has 2 heteroatoms. The van der Waals surface area contributed by atoms with Crippen LogP contribution in [0.15, 0.2) is 0 Å².